The molecule has 0 aliphatic rings. The second kappa shape index (κ2) is 10.7. The van der Waals surface area contributed by atoms with Crippen molar-refractivity contribution in [2.24, 2.45) is 4.99 Å². The summed E-state index contributed by atoms with van der Waals surface area (Å²) in [5.74, 6) is 0.677. The van der Waals surface area contributed by atoms with Gasteiger partial charge in [0.15, 0.2) is 0 Å². The summed E-state index contributed by atoms with van der Waals surface area (Å²) in [6, 6.07) is 19.3. The third-order valence-corrected chi connectivity index (χ3v) is 5.34. The first-order valence-electron chi connectivity index (χ1n) is 9.92. The van der Waals surface area contributed by atoms with Crippen LogP contribution in [0.5, 0.6) is 0 Å². The third-order valence-electron chi connectivity index (χ3n) is 4.84. The molecule has 0 saturated carbocycles. The first kappa shape index (κ1) is 21.7. The number of aromatic nitrogens is 1. The molecule has 0 saturated heterocycles. The summed E-state index contributed by atoms with van der Waals surface area (Å²) in [6.45, 7) is 4.81. The summed E-state index contributed by atoms with van der Waals surface area (Å²) in [4.78, 5) is 21.3. The Morgan fingerprint density at radius 3 is 2.50 bits per heavy atom. The average molecular weight is 465 g/mol. The summed E-state index contributed by atoms with van der Waals surface area (Å²) in [5, 5.41) is 6.13. The van der Waals surface area contributed by atoms with E-state index in [0.29, 0.717) is 24.0 Å². The molecule has 0 bridgehead atoms. The summed E-state index contributed by atoms with van der Waals surface area (Å²) < 4.78 is 0.846. The van der Waals surface area contributed by atoms with Crippen molar-refractivity contribution >= 4 is 33.5 Å². The number of aliphatic imine (C=N–C) groups is 1. The van der Waals surface area contributed by atoms with E-state index in [4.69, 9.17) is 0 Å². The molecule has 0 spiro atoms. The van der Waals surface area contributed by atoms with Gasteiger partial charge >= 0.3 is 0 Å². The Morgan fingerprint density at radius 2 is 1.83 bits per heavy atom. The highest BCUT2D eigenvalue weighted by atomic mass is 79.9. The molecule has 1 aromatic heterocycles. The molecule has 1 amide bonds. The number of benzene rings is 2. The standard InChI is InChI=1S/C24H25BrN4O/c1-3-17(2)19-7-9-22(10-8-19)28-24(27-16-18-11-13-26-14-12-18)29-23(30)20-5-4-6-21(25)15-20/h4-15,17H,3,16H2,1-2H3,(H2,27,28,29,30)/t17-/m0/s1. The SMILES string of the molecule is CC[C@H](C)c1ccc(NC(=NCc2ccncc2)NC(=O)c2cccc(Br)c2)cc1. The quantitative estimate of drug-likeness (QED) is 0.360. The minimum atomic E-state index is -0.228. The minimum absolute atomic E-state index is 0.228. The Hall–Kier alpha value is -2.99. The predicted molar refractivity (Wildman–Crippen MR) is 126 cm³/mol. The lowest BCUT2D eigenvalue weighted by molar-refractivity contribution is 0.0977. The van der Waals surface area contributed by atoms with Crippen LogP contribution < -0.4 is 10.6 Å². The molecular weight excluding hydrogens is 440 g/mol. The van der Waals surface area contributed by atoms with E-state index in [1.165, 1.54) is 5.56 Å². The van der Waals surface area contributed by atoms with Gasteiger partial charge in [0.2, 0.25) is 5.96 Å². The highest BCUT2D eigenvalue weighted by Gasteiger charge is 2.10. The molecule has 0 aliphatic heterocycles. The highest BCUT2D eigenvalue weighted by Crippen LogP contribution is 2.20. The first-order valence-corrected chi connectivity index (χ1v) is 10.7. The van der Waals surface area contributed by atoms with Gasteiger partial charge in [-0.1, -0.05) is 48.0 Å². The number of halogens is 1. The lowest BCUT2D eigenvalue weighted by Gasteiger charge is -2.14. The van der Waals surface area contributed by atoms with Crippen molar-refractivity contribution < 1.29 is 4.79 Å². The molecule has 3 rings (SSSR count). The number of carbonyl (C=O) groups is 1. The van der Waals surface area contributed by atoms with Gasteiger partial charge in [0.05, 0.1) is 6.54 Å². The number of hydrogen-bond acceptors (Lipinski definition) is 3. The van der Waals surface area contributed by atoms with Gasteiger partial charge in [-0.2, -0.15) is 0 Å². The fourth-order valence-electron chi connectivity index (χ4n) is 2.85. The Balaban J connectivity index is 1.79. The molecule has 5 nitrogen and oxygen atoms in total. The largest absolute Gasteiger partial charge is 0.326 e. The van der Waals surface area contributed by atoms with Gasteiger partial charge in [0, 0.05) is 28.1 Å². The number of hydrogen-bond donors (Lipinski definition) is 2. The second-order valence-electron chi connectivity index (χ2n) is 7.04. The molecule has 3 aromatic rings. The van der Waals surface area contributed by atoms with Crippen LogP contribution in [0, 0.1) is 0 Å². The molecule has 0 fully saturated rings. The van der Waals surface area contributed by atoms with E-state index >= 15 is 0 Å². The maximum absolute atomic E-state index is 12.7. The summed E-state index contributed by atoms with van der Waals surface area (Å²) in [5.41, 5.74) is 3.71. The number of nitrogens with zero attached hydrogens (tertiary/aromatic N) is 2. The number of anilines is 1. The smallest absolute Gasteiger partial charge is 0.257 e. The van der Waals surface area contributed by atoms with Crippen molar-refractivity contribution in [2.75, 3.05) is 5.32 Å². The number of nitrogens with one attached hydrogen (secondary N) is 2. The zero-order valence-corrected chi connectivity index (χ0v) is 18.7. The number of rotatable bonds is 6. The van der Waals surface area contributed by atoms with Crippen LogP contribution in [-0.2, 0) is 6.54 Å². The van der Waals surface area contributed by atoms with Crippen LogP contribution in [-0.4, -0.2) is 16.9 Å². The molecule has 1 atom stereocenters. The zero-order chi connectivity index (χ0) is 21.3. The van der Waals surface area contributed by atoms with Gasteiger partial charge in [-0.3, -0.25) is 15.1 Å². The van der Waals surface area contributed by atoms with E-state index in [-0.39, 0.29) is 5.91 Å². The van der Waals surface area contributed by atoms with Crippen molar-refractivity contribution in [3.8, 4) is 0 Å². The van der Waals surface area contributed by atoms with Crippen LogP contribution in [0.2, 0.25) is 0 Å². The number of pyridine rings is 1. The predicted octanol–water partition coefficient (Wildman–Crippen LogP) is 5.76. The first-order chi connectivity index (χ1) is 14.5. The summed E-state index contributed by atoms with van der Waals surface area (Å²) in [6.07, 6.45) is 4.55. The lowest BCUT2D eigenvalue weighted by atomic mass is 9.99. The molecule has 0 radical (unpaired) electrons. The molecule has 0 unspecified atom stereocenters. The van der Waals surface area contributed by atoms with Crippen LogP contribution in [0.1, 0.15) is 47.7 Å². The third kappa shape index (κ3) is 6.26. The van der Waals surface area contributed by atoms with Crippen LogP contribution in [0.25, 0.3) is 0 Å². The van der Waals surface area contributed by atoms with Gasteiger partial charge in [-0.15, -0.1) is 0 Å². The molecular formula is C24H25BrN4O. The Kier molecular flexibility index (Phi) is 7.74. The number of carbonyl (C=O) groups excluding carboxylic acids is 1. The van der Waals surface area contributed by atoms with Crippen molar-refractivity contribution in [2.45, 2.75) is 32.7 Å². The fourth-order valence-corrected chi connectivity index (χ4v) is 3.24. The topological polar surface area (TPSA) is 66.4 Å². The molecule has 30 heavy (non-hydrogen) atoms. The van der Waals surface area contributed by atoms with Gasteiger partial charge in [0.1, 0.15) is 0 Å². The van der Waals surface area contributed by atoms with Crippen LogP contribution in [0.15, 0.2) is 82.5 Å². The average Bonchev–Trinajstić information content (AvgIpc) is 2.78. The second-order valence-corrected chi connectivity index (χ2v) is 7.96. The molecule has 2 N–H and O–H groups in total. The highest BCUT2D eigenvalue weighted by molar-refractivity contribution is 9.10. The van der Waals surface area contributed by atoms with Crippen molar-refractivity contribution in [3.63, 3.8) is 0 Å². The van der Waals surface area contributed by atoms with Gasteiger partial charge in [0.25, 0.3) is 5.91 Å². The van der Waals surface area contributed by atoms with Gasteiger partial charge in [-0.25, -0.2) is 4.99 Å². The maximum atomic E-state index is 12.7. The van der Waals surface area contributed by atoms with Crippen molar-refractivity contribution in [1.82, 2.24) is 10.3 Å². The van der Waals surface area contributed by atoms with Crippen molar-refractivity contribution in [1.29, 1.82) is 0 Å². The molecule has 2 aromatic carbocycles. The van der Waals surface area contributed by atoms with Crippen LogP contribution >= 0.6 is 15.9 Å². The lowest BCUT2D eigenvalue weighted by Crippen LogP contribution is -2.36. The van der Waals surface area contributed by atoms with E-state index < -0.39 is 0 Å². The normalized spacial score (nSPS) is 12.3. The van der Waals surface area contributed by atoms with E-state index in [2.05, 4.69) is 62.5 Å². The molecule has 154 valence electrons. The zero-order valence-electron chi connectivity index (χ0n) is 17.1. The monoisotopic (exact) mass is 464 g/mol. The van der Waals surface area contributed by atoms with E-state index in [1.54, 1.807) is 24.5 Å². The van der Waals surface area contributed by atoms with Crippen molar-refractivity contribution in [3.05, 3.63) is 94.2 Å². The molecule has 6 heteroatoms. The van der Waals surface area contributed by atoms with E-state index in [1.807, 2.05) is 36.4 Å². The van der Waals surface area contributed by atoms with Crippen LogP contribution in [0.3, 0.4) is 0 Å². The number of guanidine groups is 1. The minimum Gasteiger partial charge on any atom is -0.326 e. The summed E-state index contributed by atoms with van der Waals surface area (Å²) in [7, 11) is 0. The Labute approximate surface area is 185 Å². The van der Waals surface area contributed by atoms with Gasteiger partial charge < -0.3 is 5.32 Å². The fraction of sp³-hybridized carbons (Fsp3) is 0.208. The van der Waals surface area contributed by atoms with E-state index in [0.717, 1.165) is 22.1 Å². The molecule has 1 heterocycles. The Morgan fingerprint density at radius 1 is 1.10 bits per heavy atom. The van der Waals surface area contributed by atoms with Crippen LogP contribution in [0.4, 0.5) is 5.69 Å². The summed E-state index contributed by atoms with van der Waals surface area (Å²) >= 11 is 3.40. The Bertz CT molecular complexity index is 1000. The molecule has 0 aliphatic carbocycles. The van der Waals surface area contributed by atoms with E-state index in [9.17, 15) is 4.79 Å². The number of amides is 1. The maximum Gasteiger partial charge on any atom is 0.257 e. The van der Waals surface area contributed by atoms with Gasteiger partial charge in [-0.05, 0) is 65.9 Å².